The lowest BCUT2D eigenvalue weighted by Gasteiger charge is -2.40. The largest absolute Gasteiger partial charge is 0.393 e. The third-order valence-electron chi connectivity index (χ3n) is 5.29. The molecule has 0 bridgehead atoms. The molecule has 1 amide bonds. The van der Waals surface area contributed by atoms with Crippen molar-refractivity contribution in [2.75, 3.05) is 13.1 Å². The zero-order valence-electron chi connectivity index (χ0n) is 15.4. The van der Waals surface area contributed by atoms with Crippen LogP contribution in [0.5, 0.6) is 0 Å². The Bertz CT molecular complexity index is 1100. The van der Waals surface area contributed by atoms with Crippen molar-refractivity contribution in [2.24, 2.45) is 5.92 Å². The molecule has 3 aromatic rings. The summed E-state index contributed by atoms with van der Waals surface area (Å²) >= 11 is 0. The van der Waals surface area contributed by atoms with Gasteiger partial charge in [-0.2, -0.15) is 5.10 Å². The van der Waals surface area contributed by atoms with Crippen LogP contribution in [0.25, 0.3) is 10.8 Å². The van der Waals surface area contributed by atoms with Crippen LogP contribution in [0.1, 0.15) is 28.5 Å². The van der Waals surface area contributed by atoms with Crippen LogP contribution in [0.15, 0.2) is 47.3 Å². The van der Waals surface area contributed by atoms with E-state index >= 15 is 0 Å². The molecule has 1 fully saturated rings. The molecule has 2 N–H and O–H groups in total. The fraction of sp³-hybridized carbons (Fsp3) is 0.286. The second-order valence-corrected chi connectivity index (χ2v) is 7.25. The number of aliphatic hydroxyl groups excluding tert-OH is 1. The first kappa shape index (κ1) is 18.3. The van der Waals surface area contributed by atoms with Crippen molar-refractivity contribution in [3.8, 4) is 0 Å². The molecular weight excluding hydrogens is 361 g/mol. The lowest BCUT2D eigenvalue weighted by atomic mass is 9.93. The molecule has 0 aliphatic carbocycles. The number of hydrogen-bond donors (Lipinski definition) is 2. The first-order valence-corrected chi connectivity index (χ1v) is 9.16. The number of aromatic amines is 1. The highest BCUT2D eigenvalue weighted by Crippen LogP contribution is 2.24. The van der Waals surface area contributed by atoms with Crippen molar-refractivity contribution < 1.29 is 14.3 Å². The highest BCUT2D eigenvalue weighted by atomic mass is 19.1. The normalized spacial score (nSPS) is 15.5. The lowest BCUT2D eigenvalue weighted by molar-refractivity contribution is 0.00855. The molecule has 2 aromatic carbocycles. The van der Waals surface area contributed by atoms with E-state index in [-0.39, 0.29) is 22.9 Å². The Hall–Kier alpha value is -3.06. The fourth-order valence-corrected chi connectivity index (χ4v) is 3.50. The summed E-state index contributed by atoms with van der Waals surface area (Å²) < 4.78 is 14.3. The van der Waals surface area contributed by atoms with Gasteiger partial charge in [-0.3, -0.25) is 9.59 Å². The average Bonchev–Trinajstić information content (AvgIpc) is 2.64. The zero-order valence-corrected chi connectivity index (χ0v) is 15.4. The number of nitrogens with one attached hydrogen (secondary N) is 1. The van der Waals surface area contributed by atoms with Gasteiger partial charge in [0.2, 0.25) is 0 Å². The molecule has 2 heterocycles. The van der Waals surface area contributed by atoms with Crippen LogP contribution in [0.3, 0.4) is 0 Å². The van der Waals surface area contributed by atoms with Crippen LogP contribution in [0.2, 0.25) is 0 Å². The van der Waals surface area contributed by atoms with E-state index in [0.29, 0.717) is 30.6 Å². The van der Waals surface area contributed by atoms with E-state index in [0.717, 1.165) is 10.9 Å². The van der Waals surface area contributed by atoms with E-state index < -0.39 is 11.9 Å². The van der Waals surface area contributed by atoms with E-state index in [2.05, 4.69) is 10.2 Å². The van der Waals surface area contributed by atoms with Crippen LogP contribution in [-0.4, -0.2) is 45.3 Å². The number of carbonyl (C=O) groups is 1. The molecule has 1 saturated heterocycles. The molecule has 144 valence electrons. The van der Waals surface area contributed by atoms with Crippen LogP contribution in [0, 0.1) is 11.7 Å². The van der Waals surface area contributed by atoms with Gasteiger partial charge in [0.05, 0.1) is 22.7 Å². The molecule has 0 spiro atoms. The summed E-state index contributed by atoms with van der Waals surface area (Å²) in [5.41, 5.74) is 1.12. The van der Waals surface area contributed by atoms with Gasteiger partial charge in [0.1, 0.15) is 5.82 Å². The van der Waals surface area contributed by atoms with E-state index in [1.807, 2.05) is 12.1 Å². The molecule has 1 atom stereocenters. The Morgan fingerprint density at radius 2 is 2.00 bits per heavy atom. The molecule has 1 unspecified atom stereocenters. The van der Waals surface area contributed by atoms with Crippen LogP contribution in [0.4, 0.5) is 4.39 Å². The minimum atomic E-state index is -0.575. The molecular formula is C21H20FN3O3. The Morgan fingerprint density at radius 3 is 2.71 bits per heavy atom. The quantitative estimate of drug-likeness (QED) is 0.725. The number of rotatable bonds is 4. The number of carbonyl (C=O) groups excluding carboxylic acids is 1. The molecule has 1 aliphatic rings. The van der Waals surface area contributed by atoms with Crippen molar-refractivity contribution in [3.63, 3.8) is 0 Å². The van der Waals surface area contributed by atoms with Crippen molar-refractivity contribution in [1.29, 1.82) is 0 Å². The molecule has 28 heavy (non-hydrogen) atoms. The number of aliphatic hydroxyl groups is 1. The van der Waals surface area contributed by atoms with Gasteiger partial charge >= 0.3 is 0 Å². The van der Waals surface area contributed by atoms with Gasteiger partial charge in [-0.25, -0.2) is 9.49 Å². The summed E-state index contributed by atoms with van der Waals surface area (Å²) in [5, 5.41) is 17.5. The molecule has 6 nitrogen and oxygen atoms in total. The number of fused-ring (bicyclic) bond motifs is 1. The number of amides is 1. The van der Waals surface area contributed by atoms with Crippen molar-refractivity contribution in [3.05, 3.63) is 75.5 Å². The number of hydrogen-bond acceptors (Lipinski definition) is 4. The molecule has 7 heteroatoms. The van der Waals surface area contributed by atoms with Gasteiger partial charge in [-0.1, -0.05) is 24.3 Å². The van der Waals surface area contributed by atoms with Gasteiger partial charge in [0.25, 0.3) is 11.5 Å². The van der Waals surface area contributed by atoms with Crippen molar-refractivity contribution >= 4 is 16.7 Å². The van der Waals surface area contributed by atoms with E-state index in [1.54, 1.807) is 25.1 Å². The molecule has 0 radical (unpaired) electrons. The zero-order chi connectivity index (χ0) is 19.8. The number of halogens is 1. The maximum absolute atomic E-state index is 14.3. The predicted octanol–water partition coefficient (Wildman–Crippen LogP) is 2.11. The highest BCUT2D eigenvalue weighted by Gasteiger charge is 2.34. The lowest BCUT2D eigenvalue weighted by Crippen LogP contribution is -2.53. The first-order valence-electron chi connectivity index (χ1n) is 9.16. The average molecular weight is 381 g/mol. The molecule has 4 rings (SSSR count). The number of aromatic nitrogens is 2. The van der Waals surface area contributed by atoms with Crippen LogP contribution < -0.4 is 5.56 Å². The van der Waals surface area contributed by atoms with E-state index in [4.69, 9.17) is 0 Å². The maximum atomic E-state index is 14.3. The van der Waals surface area contributed by atoms with E-state index in [1.165, 1.54) is 17.0 Å². The summed E-state index contributed by atoms with van der Waals surface area (Å²) in [6, 6.07) is 11.6. The maximum Gasteiger partial charge on any atom is 0.272 e. The standard InChI is InChI=1S/C21H20FN3O3/c1-12(26)14-10-25(11-14)21(28)17-8-13(6-7-18(17)22)9-19-15-4-2-3-5-16(15)20(27)24-23-19/h2-8,12,14,26H,9-11H2,1H3,(H,24,27). The molecule has 0 saturated carbocycles. The first-order chi connectivity index (χ1) is 13.4. The fourth-order valence-electron chi connectivity index (χ4n) is 3.50. The second kappa shape index (κ2) is 7.16. The highest BCUT2D eigenvalue weighted by molar-refractivity contribution is 5.95. The summed E-state index contributed by atoms with van der Waals surface area (Å²) in [5.74, 6) is -0.920. The third kappa shape index (κ3) is 3.29. The SMILES string of the molecule is CC(O)C1CN(C(=O)c2cc(Cc3n[nH]c(=O)c4ccccc34)ccc2F)C1. The van der Waals surface area contributed by atoms with Gasteiger partial charge in [0.15, 0.2) is 0 Å². The summed E-state index contributed by atoms with van der Waals surface area (Å²) in [6.45, 7) is 2.54. The molecule has 1 aromatic heterocycles. The Kier molecular flexibility index (Phi) is 4.68. The van der Waals surface area contributed by atoms with Crippen molar-refractivity contribution in [1.82, 2.24) is 15.1 Å². The van der Waals surface area contributed by atoms with Crippen LogP contribution >= 0.6 is 0 Å². The molecule has 1 aliphatic heterocycles. The number of likely N-dealkylation sites (tertiary alicyclic amines) is 1. The third-order valence-corrected chi connectivity index (χ3v) is 5.29. The van der Waals surface area contributed by atoms with Crippen LogP contribution in [-0.2, 0) is 6.42 Å². The van der Waals surface area contributed by atoms with Gasteiger partial charge in [-0.05, 0) is 30.7 Å². The Morgan fingerprint density at radius 1 is 1.29 bits per heavy atom. The van der Waals surface area contributed by atoms with Crippen molar-refractivity contribution in [2.45, 2.75) is 19.4 Å². The Balaban J connectivity index is 1.61. The summed E-state index contributed by atoms with van der Waals surface area (Å²) in [7, 11) is 0. The van der Waals surface area contributed by atoms with Gasteiger partial charge in [0, 0.05) is 30.8 Å². The predicted molar refractivity (Wildman–Crippen MR) is 103 cm³/mol. The summed E-state index contributed by atoms with van der Waals surface area (Å²) in [4.78, 5) is 26.1. The topological polar surface area (TPSA) is 86.3 Å². The number of benzene rings is 2. The Labute approximate surface area is 160 Å². The smallest absolute Gasteiger partial charge is 0.272 e. The number of H-pyrrole nitrogens is 1. The minimum absolute atomic E-state index is 0.00951. The van der Waals surface area contributed by atoms with Gasteiger partial charge < -0.3 is 10.0 Å². The second-order valence-electron chi connectivity index (χ2n) is 7.25. The van der Waals surface area contributed by atoms with E-state index in [9.17, 15) is 19.1 Å². The summed E-state index contributed by atoms with van der Waals surface area (Å²) in [6.07, 6.45) is -0.131. The number of nitrogens with zero attached hydrogens (tertiary/aromatic N) is 2. The minimum Gasteiger partial charge on any atom is -0.393 e. The monoisotopic (exact) mass is 381 g/mol. The van der Waals surface area contributed by atoms with Gasteiger partial charge in [-0.15, -0.1) is 0 Å².